The molecule has 3 rings (SSSR count). The third-order valence-corrected chi connectivity index (χ3v) is 4.90. The summed E-state index contributed by atoms with van der Waals surface area (Å²) >= 11 is 0. The number of aliphatic carboxylic acids is 1. The highest BCUT2D eigenvalue weighted by atomic mass is 19.4. The topological polar surface area (TPSA) is 66.4 Å². The summed E-state index contributed by atoms with van der Waals surface area (Å²) in [5.74, 6) is -5.05. The van der Waals surface area contributed by atoms with Crippen LogP contribution in [0.3, 0.4) is 0 Å². The quantitative estimate of drug-likeness (QED) is 0.598. The molecule has 2 aliphatic rings. The number of anilines is 1. The summed E-state index contributed by atoms with van der Waals surface area (Å²) < 4.78 is 77.4. The molecule has 0 saturated heterocycles. The first-order valence-electron chi connectivity index (χ1n) is 7.89. The highest BCUT2D eigenvalue weighted by Crippen LogP contribution is 2.48. The van der Waals surface area contributed by atoms with Crippen LogP contribution in [0.25, 0.3) is 0 Å². The number of carbonyl (C=O) groups is 2. The smallest absolute Gasteiger partial charge is 0.416 e. The van der Waals surface area contributed by atoms with Crippen molar-refractivity contribution < 1.29 is 41.0 Å². The van der Waals surface area contributed by atoms with Crippen LogP contribution in [0.2, 0.25) is 0 Å². The molecule has 0 aliphatic heterocycles. The minimum absolute atomic E-state index is 0.0457. The number of halogens is 6. The molecule has 4 atom stereocenters. The standard InChI is InChI=1S/C17H13F6NO3/c18-16(19,20)9-4-10(17(21,22)23)6-11(5-9)24-14(25)12-7-1-2-8(3-7)13(12)15(26)27/h1-2,4-8,12-13H,3H2,(H,24,25)(H,26,27)/t7-,8+,12?,13?/m1/s1. The van der Waals surface area contributed by atoms with Crippen molar-refractivity contribution in [3.05, 3.63) is 41.5 Å². The molecule has 1 amide bonds. The van der Waals surface area contributed by atoms with Crippen molar-refractivity contribution in [3.63, 3.8) is 0 Å². The maximum atomic E-state index is 12.9. The lowest BCUT2D eigenvalue weighted by molar-refractivity contribution is -0.146. The Balaban J connectivity index is 1.92. The van der Waals surface area contributed by atoms with Crippen molar-refractivity contribution in [2.75, 3.05) is 5.32 Å². The maximum Gasteiger partial charge on any atom is 0.416 e. The summed E-state index contributed by atoms with van der Waals surface area (Å²) in [5.41, 5.74) is -3.80. The Morgan fingerprint density at radius 3 is 1.81 bits per heavy atom. The van der Waals surface area contributed by atoms with E-state index in [9.17, 15) is 41.0 Å². The van der Waals surface area contributed by atoms with Crippen LogP contribution in [0.5, 0.6) is 0 Å². The minimum atomic E-state index is -5.04. The van der Waals surface area contributed by atoms with E-state index < -0.39 is 58.8 Å². The summed E-state index contributed by atoms with van der Waals surface area (Å²) in [6.07, 6.45) is -6.36. The number of rotatable bonds is 3. The summed E-state index contributed by atoms with van der Waals surface area (Å²) in [7, 11) is 0. The Morgan fingerprint density at radius 1 is 0.889 bits per heavy atom. The Hall–Kier alpha value is -2.52. The minimum Gasteiger partial charge on any atom is -0.481 e. The van der Waals surface area contributed by atoms with Crippen molar-refractivity contribution in [2.24, 2.45) is 23.7 Å². The summed E-state index contributed by atoms with van der Waals surface area (Å²) in [6, 6.07) is 0.744. The number of amides is 1. The molecule has 146 valence electrons. The molecule has 2 N–H and O–H groups in total. The molecule has 2 aliphatic carbocycles. The average molecular weight is 393 g/mol. The number of benzene rings is 1. The highest BCUT2D eigenvalue weighted by molar-refractivity contribution is 5.96. The Labute approximate surface area is 148 Å². The van der Waals surface area contributed by atoms with Crippen LogP contribution >= 0.6 is 0 Å². The first kappa shape index (κ1) is 19.2. The van der Waals surface area contributed by atoms with Gasteiger partial charge >= 0.3 is 18.3 Å². The van der Waals surface area contributed by atoms with Gasteiger partial charge in [0.05, 0.1) is 23.0 Å². The second kappa shape index (κ2) is 6.28. The van der Waals surface area contributed by atoms with E-state index in [4.69, 9.17) is 0 Å². The fourth-order valence-electron chi connectivity index (χ4n) is 3.77. The van der Waals surface area contributed by atoms with Gasteiger partial charge in [0, 0.05) is 5.69 Å². The van der Waals surface area contributed by atoms with Crippen LogP contribution < -0.4 is 5.32 Å². The number of nitrogens with one attached hydrogen (secondary N) is 1. The molecule has 2 unspecified atom stereocenters. The maximum absolute atomic E-state index is 12.9. The van der Waals surface area contributed by atoms with Gasteiger partial charge in [-0.25, -0.2) is 0 Å². The zero-order chi connectivity index (χ0) is 20.1. The number of alkyl halides is 6. The second-order valence-corrected chi connectivity index (χ2v) is 6.62. The number of carbonyl (C=O) groups excluding carboxylic acids is 1. The van der Waals surface area contributed by atoms with E-state index in [0.29, 0.717) is 18.6 Å². The van der Waals surface area contributed by atoms with Crippen LogP contribution in [0.1, 0.15) is 17.5 Å². The Morgan fingerprint density at radius 2 is 1.37 bits per heavy atom. The van der Waals surface area contributed by atoms with Gasteiger partial charge in [0.25, 0.3) is 0 Å². The second-order valence-electron chi connectivity index (χ2n) is 6.62. The molecule has 1 aromatic rings. The van der Waals surface area contributed by atoms with Crippen molar-refractivity contribution >= 4 is 17.6 Å². The SMILES string of the molecule is O=C(Nc1cc(C(F)(F)F)cc(C(F)(F)F)c1)C1C(C(=O)O)[C@H]2C=C[C@@H]1C2. The number of carboxylic acid groups (broad SMARTS) is 1. The number of hydrogen-bond donors (Lipinski definition) is 2. The van der Waals surface area contributed by atoms with Gasteiger partial charge in [0.2, 0.25) is 5.91 Å². The molecule has 27 heavy (non-hydrogen) atoms. The Kier molecular flexibility index (Phi) is 4.47. The molecular weight excluding hydrogens is 380 g/mol. The van der Waals surface area contributed by atoms with Crippen molar-refractivity contribution in [2.45, 2.75) is 18.8 Å². The highest BCUT2D eigenvalue weighted by Gasteiger charge is 2.51. The van der Waals surface area contributed by atoms with Gasteiger partial charge in [0.15, 0.2) is 0 Å². The molecule has 2 bridgehead atoms. The molecule has 0 heterocycles. The number of carboxylic acids is 1. The van der Waals surface area contributed by atoms with Gasteiger partial charge in [-0.05, 0) is 36.5 Å². The van der Waals surface area contributed by atoms with Gasteiger partial charge in [-0.3, -0.25) is 9.59 Å². The fraction of sp³-hybridized carbons (Fsp3) is 0.412. The lowest BCUT2D eigenvalue weighted by Crippen LogP contribution is -2.36. The van der Waals surface area contributed by atoms with Gasteiger partial charge in [-0.15, -0.1) is 0 Å². The van der Waals surface area contributed by atoms with E-state index in [0.717, 1.165) is 0 Å². The number of allylic oxidation sites excluding steroid dienone is 2. The summed E-state index contributed by atoms with van der Waals surface area (Å²) in [6.45, 7) is 0. The van der Waals surface area contributed by atoms with E-state index in [-0.39, 0.29) is 12.0 Å². The Bertz CT molecular complexity index is 782. The fourth-order valence-corrected chi connectivity index (χ4v) is 3.77. The van der Waals surface area contributed by atoms with E-state index in [2.05, 4.69) is 0 Å². The zero-order valence-corrected chi connectivity index (χ0v) is 13.4. The largest absolute Gasteiger partial charge is 0.481 e. The van der Waals surface area contributed by atoms with Crippen molar-refractivity contribution in [1.82, 2.24) is 0 Å². The number of fused-ring (bicyclic) bond motifs is 2. The first-order valence-corrected chi connectivity index (χ1v) is 7.89. The zero-order valence-electron chi connectivity index (χ0n) is 13.4. The molecular formula is C17H13F6NO3. The molecule has 0 radical (unpaired) electrons. The van der Waals surface area contributed by atoms with Crippen LogP contribution in [0.4, 0.5) is 32.0 Å². The van der Waals surface area contributed by atoms with E-state index in [1.165, 1.54) is 0 Å². The molecule has 4 nitrogen and oxygen atoms in total. The molecule has 1 aromatic carbocycles. The molecule has 1 saturated carbocycles. The molecule has 0 spiro atoms. The van der Waals surface area contributed by atoms with Gasteiger partial charge in [-0.2, -0.15) is 26.3 Å². The van der Waals surface area contributed by atoms with Gasteiger partial charge < -0.3 is 10.4 Å². The van der Waals surface area contributed by atoms with Crippen LogP contribution in [-0.4, -0.2) is 17.0 Å². The lowest BCUT2D eigenvalue weighted by atomic mass is 9.82. The van der Waals surface area contributed by atoms with Gasteiger partial charge in [0.1, 0.15) is 0 Å². The lowest BCUT2D eigenvalue weighted by Gasteiger charge is -2.24. The molecule has 10 heteroatoms. The predicted molar refractivity (Wildman–Crippen MR) is 80.4 cm³/mol. The third kappa shape index (κ3) is 3.65. The van der Waals surface area contributed by atoms with Crippen LogP contribution in [-0.2, 0) is 21.9 Å². The van der Waals surface area contributed by atoms with Gasteiger partial charge in [-0.1, -0.05) is 12.2 Å². The summed E-state index contributed by atoms with van der Waals surface area (Å²) in [5, 5.41) is 11.4. The van der Waals surface area contributed by atoms with E-state index in [1.54, 1.807) is 12.2 Å². The van der Waals surface area contributed by atoms with E-state index >= 15 is 0 Å². The summed E-state index contributed by atoms with van der Waals surface area (Å²) in [4.78, 5) is 23.9. The number of hydrogen-bond acceptors (Lipinski definition) is 2. The average Bonchev–Trinajstić information content (AvgIpc) is 3.13. The third-order valence-electron chi connectivity index (χ3n) is 4.90. The normalized spacial score (nSPS) is 27.0. The van der Waals surface area contributed by atoms with E-state index in [1.807, 2.05) is 5.32 Å². The van der Waals surface area contributed by atoms with Crippen LogP contribution in [0, 0.1) is 23.7 Å². The van der Waals surface area contributed by atoms with Crippen molar-refractivity contribution in [1.29, 1.82) is 0 Å². The monoisotopic (exact) mass is 393 g/mol. The van der Waals surface area contributed by atoms with Crippen molar-refractivity contribution in [3.8, 4) is 0 Å². The molecule has 0 aromatic heterocycles. The predicted octanol–water partition coefficient (Wildman–Crippen LogP) is 4.19. The first-order chi connectivity index (χ1) is 12.4. The van der Waals surface area contributed by atoms with Crippen LogP contribution in [0.15, 0.2) is 30.4 Å². The molecule has 1 fully saturated rings.